The highest BCUT2D eigenvalue weighted by atomic mass is 32.2. The number of para-hydroxylation sites is 1. The van der Waals surface area contributed by atoms with Crippen LogP contribution in [0.15, 0.2) is 46.1 Å². The van der Waals surface area contributed by atoms with E-state index in [0.717, 1.165) is 17.0 Å². The fourth-order valence-electron chi connectivity index (χ4n) is 3.46. The Bertz CT molecular complexity index is 1240. The van der Waals surface area contributed by atoms with Crippen molar-refractivity contribution < 1.29 is 23.1 Å². The molecule has 0 atom stereocenters. The Kier molecular flexibility index (Phi) is 6.55. The van der Waals surface area contributed by atoms with Crippen LogP contribution in [0.5, 0.6) is 17.2 Å². The molecular formula is C23H23FN4O4S. The number of aromatic nitrogens is 4. The van der Waals surface area contributed by atoms with Crippen LogP contribution < -0.4 is 14.2 Å². The summed E-state index contributed by atoms with van der Waals surface area (Å²) in [6.07, 6.45) is 0. The van der Waals surface area contributed by atoms with Crippen LogP contribution in [0.1, 0.15) is 17.0 Å². The number of ether oxygens (including phenoxy) is 3. The second-order valence-electron chi connectivity index (χ2n) is 7.10. The minimum absolute atomic E-state index is 0.326. The fourth-order valence-corrected chi connectivity index (χ4v) is 4.55. The first-order chi connectivity index (χ1) is 16.0. The van der Waals surface area contributed by atoms with Gasteiger partial charge in [-0.05, 0) is 38.1 Å². The van der Waals surface area contributed by atoms with Gasteiger partial charge < -0.3 is 18.7 Å². The van der Waals surface area contributed by atoms with E-state index in [2.05, 4.69) is 15.4 Å². The Balaban J connectivity index is 1.85. The van der Waals surface area contributed by atoms with Gasteiger partial charge in [-0.1, -0.05) is 29.1 Å². The Morgan fingerprint density at radius 3 is 2.27 bits per heavy atom. The van der Waals surface area contributed by atoms with Crippen LogP contribution in [-0.4, -0.2) is 41.3 Å². The molecule has 0 saturated heterocycles. The maximum absolute atomic E-state index is 14.9. The standard InChI is InChI=1S/C23H23FN4O4S/c1-13-16(14(2)32-27-13)12-33-23-26-25-22(28(23)18-9-7-6-8-17(18)24)15-10-19(29-3)21(31-5)20(11-15)30-4/h6-11H,12H2,1-5H3. The minimum Gasteiger partial charge on any atom is -0.493 e. The molecule has 0 saturated carbocycles. The lowest BCUT2D eigenvalue weighted by Crippen LogP contribution is -2.03. The molecule has 2 heterocycles. The van der Waals surface area contributed by atoms with Gasteiger partial charge in [0.1, 0.15) is 11.6 Å². The third-order valence-corrected chi connectivity index (χ3v) is 6.13. The number of hydrogen-bond acceptors (Lipinski definition) is 8. The van der Waals surface area contributed by atoms with E-state index in [1.807, 2.05) is 13.8 Å². The molecule has 4 rings (SSSR count). The second-order valence-corrected chi connectivity index (χ2v) is 8.04. The first kappa shape index (κ1) is 22.7. The molecule has 0 aliphatic rings. The molecular weight excluding hydrogens is 447 g/mol. The average molecular weight is 471 g/mol. The summed E-state index contributed by atoms with van der Waals surface area (Å²) in [5, 5.41) is 13.3. The van der Waals surface area contributed by atoms with Gasteiger partial charge in [0.05, 0.1) is 32.7 Å². The Hall–Kier alpha value is -3.53. The smallest absolute Gasteiger partial charge is 0.203 e. The Morgan fingerprint density at radius 2 is 1.70 bits per heavy atom. The highest BCUT2D eigenvalue weighted by molar-refractivity contribution is 7.98. The molecule has 0 N–H and O–H groups in total. The van der Waals surface area contributed by atoms with Crippen molar-refractivity contribution in [2.24, 2.45) is 0 Å². The number of nitrogens with zero attached hydrogens (tertiary/aromatic N) is 4. The van der Waals surface area contributed by atoms with Crippen LogP contribution in [0, 0.1) is 19.7 Å². The summed E-state index contributed by atoms with van der Waals surface area (Å²) in [4.78, 5) is 0. The second kappa shape index (κ2) is 9.53. The molecule has 0 bridgehead atoms. The third-order valence-electron chi connectivity index (χ3n) is 5.18. The molecule has 33 heavy (non-hydrogen) atoms. The van der Waals surface area contributed by atoms with Gasteiger partial charge in [0.15, 0.2) is 22.5 Å². The van der Waals surface area contributed by atoms with Crippen LogP contribution in [0.3, 0.4) is 0 Å². The normalized spacial score (nSPS) is 11.0. The summed E-state index contributed by atoms with van der Waals surface area (Å²) in [6, 6.07) is 9.99. The number of halogens is 1. The summed E-state index contributed by atoms with van der Waals surface area (Å²) in [5.41, 5.74) is 2.73. The van der Waals surface area contributed by atoms with Gasteiger partial charge in [-0.25, -0.2) is 4.39 Å². The van der Waals surface area contributed by atoms with Crippen LogP contribution in [0.2, 0.25) is 0 Å². The van der Waals surface area contributed by atoms with E-state index in [1.165, 1.54) is 39.2 Å². The molecule has 0 aliphatic carbocycles. The zero-order valence-corrected chi connectivity index (χ0v) is 19.7. The number of methoxy groups -OCH3 is 3. The van der Waals surface area contributed by atoms with Crippen molar-refractivity contribution >= 4 is 11.8 Å². The summed E-state index contributed by atoms with van der Waals surface area (Å²) in [5.74, 6) is 2.68. The van der Waals surface area contributed by atoms with E-state index < -0.39 is 5.82 Å². The summed E-state index contributed by atoms with van der Waals surface area (Å²) in [7, 11) is 4.60. The fraction of sp³-hybridized carbons (Fsp3) is 0.261. The highest BCUT2D eigenvalue weighted by Gasteiger charge is 2.23. The van der Waals surface area contributed by atoms with Crippen molar-refractivity contribution in [3.8, 4) is 34.3 Å². The highest BCUT2D eigenvalue weighted by Crippen LogP contribution is 2.42. The van der Waals surface area contributed by atoms with Gasteiger partial charge >= 0.3 is 0 Å². The zero-order chi connectivity index (χ0) is 23.5. The predicted octanol–water partition coefficient (Wildman–Crippen LogP) is 5.00. The molecule has 0 amide bonds. The minimum atomic E-state index is -0.398. The SMILES string of the molecule is COc1cc(-c2nnc(SCc3c(C)noc3C)n2-c2ccccc2F)cc(OC)c1OC. The predicted molar refractivity (Wildman–Crippen MR) is 122 cm³/mol. The lowest BCUT2D eigenvalue weighted by molar-refractivity contribution is 0.324. The van der Waals surface area contributed by atoms with Crippen LogP contribution in [0.4, 0.5) is 4.39 Å². The lowest BCUT2D eigenvalue weighted by Gasteiger charge is -2.15. The number of aryl methyl sites for hydroxylation is 2. The van der Waals surface area contributed by atoms with Crippen LogP contribution in [0.25, 0.3) is 17.1 Å². The van der Waals surface area contributed by atoms with Gasteiger partial charge in [0.2, 0.25) is 5.75 Å². The number of thioether (sulfide) groups is 1. The molecule has 8 nitrogen and oxygen atoms in total. The maximum atomic E-state index is 14.9. The molecule has 2 aromatic heterocycles. The van der Waals surface area contributed by atoms with E-state index >= 15 is 0 Å². The van der Waals surface area contributed by atoms with Gasteiger partial charge in [-0.2, -0.15) is 0 Å². The largest absolute Gasteiger partial charge is 0.493 e. The average Bonchev–Trinajstić information content (AvgIpc) is 3.39. The first-order valence-electron chi connectivity index (χ1n) is 10.0. The van der Waals surface area contributed by atoms with Crippen molar-refractivity contribution in [1.29, 1.82) is 0 Å². The molecule has 0 radical (unpaired) electrons. The monoisotopic (exact) mass is 470 g/mol. The van der Waals surface area contributed by atoms with E-state index in [1.54, 1.807) is 34.9 Å². The van der Waals surface area contributed by atoms with Gasteiger partial charge in [0.25, 0.3) is 0 Å². The Labute approximate surface area is 194 Å². The number of benzene rings is 2. The van der Waals surface area contributed by atoms with Crippen molar-refractivity contribution in [1.82, 2.24) is 19.9 Å². The molecule has 0 unspecified atom stereocenters. The van der Waals surface area contributed by atoms with Crippen molar-refractivity contribution in [3.05, 3.63) is 59.2 Å². The molecule has 4 aromatic rings. The third kappa shape index (κ3) is 4.25. The Morgan fingerprint density at radius 1 is 1.00 bits per heavy atom. The van der Waals surface area contributed by atoms with Crippen molar-refractivity contribution in [2.75, 3.05) is 21.3 Å². The van der Waals surface area contributed by atoms with E-state index in [-0.39, 0.29) is 0 Å². The van der Waals surface area contributed by atoms with E-state index in [0.29, 0.717) is 45.2 Å². The summed E-state index contributed by atoms with van der Waals surface area (Å²) >= 11 is 1.42. The van der Waals surface area contributed by atoms with Gasteiger partial charge in [-0.3, -0.25) is 4.57 Å². The zero-order valence-electron chi connectivity index (χ0n) is 18.9. The van der Waals surface area contributed by atoms with Gasteiger partial charge in [-0.15, -0.1) is 10.2 Å². The molecule has 172 valence electrons. The topological polar surface area (TPSA) is 84.4 Å². The number of rotatable bonds is 8. The van der Waals surface area contributed by atoms with Crippen LogP contribution in [-0.2, 0) is 5.75 Å². The molecule has 0 aliphatic heterocycles. The maximum Gasteiger partial charge on any atom is 0.203 e. The number of hydrogen-bond donors (Lipinski definition) is 0. The van der Waals surface area contributed by atoms with Crippen molar-refractivity contribution in [2.45, 2.75) is 24.8 Å². The molecule has 0 spiro atoms. The first-order valence-corrected chi connectivity index (χ1v) is 11.0. The molecule has 0 fully saturated rings. The van der Waals surface area contributed by atoms with Crippen molar-refractivity contribution in [3.63, 3.8) is 0 Å². The van der Waals surface area contributed by atoms with Gasteiger partial charge in [0, 0.05) is 16.9 Å². The molecule has 2 aromatic carbocycles. The summed E-state index contributed by atoms with van der Waals surface area (Å²) < 4.78 is 38.2. The summed E-state index contributed by atoms with van der Waals surface area (Å²) in [6.45, 7) is 3.74. The van der Waals surface area contributed by atoms with Crippen LogP contribution >= 0.6 is 11.8 Å². The lowest BCUT2D eigenvalue weighted by atomic mass is 10.1. The quantitative estimate of drug-likeness (QED) is 0.333. The van der Waals surface area contributed by atoms with E-state index in [9.17, 15) is 4.39 Å². The molecule has 10 heteroatoms. The van der Waals surface area contributed by atoms with E-state index in [4.69, 9.17) is 18.7 Å².